The Hall–Kier alpha value is -2.74. The Morgan fingerprint density at radius 3 is 3.04 bits per heavy atom. The average molecular weight is 332 g/mol. The van der Waals surface area contributed by atoms with Gasteiger partial charge < -0.3 is 20.1 Å². The highest BCUT2D eigenvalue weighted by atomic mass is 19.1. The molecule has 1 aliphatic rings. The summed E-state index contributed by atoms with van der Waals surface area (Å²) < 4.78 is 24.1. The van der Waals surface area contributed by atoms with Gasteiger partial charge in [-0.25, -0.2) is 9.37 Å². The standard InChI is InChI=1S/C16H17FN4O3/c17-11-2-1-3-12(8-11)24-10-14(22)21-6-7-23-13(9-21)15-16(18)20-5-4-19-15/h1-5,8,13H,6-7,9-10H2,(H2,18,20)/t13-/m1/s1. The van der Waals surface area contributed by atoms with Crippen LogP contribution < -0.4 is 10.5 Å². The van der Waals surface area contributed by atoms with Gasteiger partial charge in [-0.15, -0.1) is 0 Å². The summed E-state index contributed by atoms with van der Waals surface area (Å²) >= 11 is 0. The van der Waals surface area contributed by atoms with Crippen LogP contribution in [0, 0.1) is 5.82 Å². The number of nitrogens with zero attached hydrogens (tertiary/aromatic N) is 3. The number of hydrogen-bond donors (Lipinski definition) is 1. The van der Waals surface area contributed by atoms with Gasteiger partial charge in [0.25, 0.3) is 5.91 Å². The first-order valence-corrected chi connectivity index (χ1v) is 7.47. The lowest BCUT2D eigenvalue weighted by molar-refractivity contribution is -0.141. The van der Waals surface area contributed by atoms with E-state index in [1.807, 2.05) is 0 Å². The van der Waals surface area contributed by atoms with Crippen LogP contribution >= 0.6 is 0 Å². The van der Waals surface area contributed by atoms with Crippen LogP contribution in [0.4, 0.5) is 10.2 Å². The number of carbonyl (C=O) groups excluding carboxylic acids is 1. The van der Waals surface area contributed by atoms with E-state index in [4.69, 9.17) is 15.2 Å². The number of benzene rings is 1. The van der Waals surface area contributed by atoms with Crippen LogP contribution in [0.25, 0.3) is 0 Å². The van der Waals surface area contributed by atoms with E-state index in [1.54, 1.807) is 11.0 Å². The first kappa shape index (κ1) is 16.1. The second kappa shape index (κ2) is 7.22. The number of amides is 1. The van der Waals surface area contributed by atoms with E-state index in [0.29, 0.717) is 31.1 Å². The Bertz CT molecular complexity index is 728. The molecule has 1 aromatic heterocycles. The molecule has 24 heavy (non-hydrogen) atoms. The van der Waals surface area contributed by atoms with Gasteiger partial charge in [0, 0.05) is 25.0 Å². The van der Waals surface area contributed by atoms with Gasteiger partial charge in [0.2, 0.25) is 0 Å². The van der Waals surface area contributed by atoms with Crippen molar-refractivity contribution in [2.75, 3.05) is 32.0 Å². The topological polar surface area (TPSA) is 90.6 Å². The van der Waals surface area contributed by atoms with Crippen LogP contribution in [0.2, 0.25) is 0 Å². The zero-order valence-corrected chi connectivity index (χ0v) is 12.9. The number of hydrogen-bond acceptors (Lipinski definition) is 6. The minimum Gasteiger partial charge on any atom is -0.484 e. The van der Waals surface area contributed by atoms with E-state index in [2.05, 4.69) is 9.97 Å². The zero-order valence-electron chi connectivity index (χ0n) is 12.9. The predicted octanol–water partition coefficient (Wildman–Crippen LogP) is 1.18. The lowest BCUT2D eigenvalue weighted by Crippen LogP contribution is -2.44. The molecule has 0 bridgehead atoms. The first-order valence-electron chi connectivity index (χ1n) is 7.47. The Morgan fingerprint density at radius 1 is 1.42 bits per heavy atom. The molecule has 2 aromatic rings. The van der Waals surface area contributed by atoms with Gasteiger partial charge in [-0.3, -0.25) is 9.78 Å². The van der Waals surface area contributed by atoms with E-state index in [1.165, 1.54) is 30.6 Å². The largest absolute Gasteiger partial charge is 0.484 e. The van der Waals surface area contributed by atoms with Crippen molar-refractivity contribution in [2.45, 2.75) is 6.10 Å². The monoisotopic (exact) mass is 332 g/mol. The van der Waals surface area contributed by atoms with Crippen LogP contribution in [0.5, 0.6) is 5.75 Å². The summed E-state index contributed by atoms with van der Waals surface area (Å²) in [6.07, 6.45) is 2.60. The Labute approximate surface area is 138 Å². The number of aromatic nitrogens is 2. The van der Waals surface area contributed by atoms with Crippen molar-refractivity contribution in [3.05, 3.63) is 48.2 Å². The van der Waals surface area contributed by atoms with Crippen molar-refractivity contribution >= 4 is 11.7 Å². The van der Waals surface area contributed by atoms with Crippen LogP contribution in [0.3, 0.4) is 0 Å². The van der Waals surface area contributed by atoms with Crippen molar-refractivity contribution in [3.63, 3.8) is 0 Å². The molecule has 2 N–H and O–H groups in total. The Morgan fingerprint density at radius 2 is 2.25 bits per heavy atom. The third-order valence-electron chi connectivity index (χ3n) is 3.64. The highest BCUT2D eigenvalue weighted by molar-refractivity contribution is 5.78. The fourth-order valence-electron chi connectivity index (χ4n) is 2.44. The molecule has 1 atom stereocenters. The third kappa shape index (κ3) is 3.77. The highest BCUT2D eigenvalue weighted by Crippen LogP contribution is 2.23. The molecule has 2 heterocycles. The van der Waals surface area contributed by atoms with Crippen molar-refractivity contribution in [3.8, 4) is 5.75 Å². The molecule has 0 spiro atoms. The molecule has 8 heteroatoms. The maximum Gasteiger partial charge on any atom is 0.260 e. The maximum absolute atomic E-state index is 13.1. The van der Waals surface area contributed by atoms with Gasteiger partial charge in [-0.1, -0.05) is 6.07 Å². The number of nitrogen functional groups attached to an aromatic ring is 1. The van der Waals surface area contributed by atoms with Gasteiger partial charge in [-0.05, 0) is 12.1 Å². The van der Waals surface area contributed by atoms with E-state index in [-0.39, 0.29) is 18.3 Å². The zero-order chi connectivity index (χ0) is 16.9. The molecule has 1 aromatic carbocycles. The van der Waals surface area contributed by atoms with Gasteiger partial charge in [0.05, 0.1) is 13.2 Å². The minimum absolute atomic E-state index is 0.174. The Balaban J connectivity index is 1.60. The first-order chi connectivity index (χ1) is 11.6. The van der Waals surface area contributed by atoms with E-state index in [0.717, 1.165) is 0 Å². The van der Waals surface area contributed by atoms with Gasteiger partial charge in [-0.2, -0.15) is 0 Å². The second-order valence-electron chi connectivity index (χ2n) is 5.27. The van der Waals surface area contributed by atoms with E-state index in [9.17, 15) is 9.18 Å². The van der Waals surface area contributed by atoms with Crippen LogP contribution in [-0.4, -0.2) is 47.1 Å². The number of halogens is 1. The summed E-state index contributed by atoms with van der Waals surface area (Å²) in [6.45, 7) is 0.953. The lowest BCUT2D eigenvalue weighted by Gasteiger charge is -2.32. The van der Waals surface area contributed by atoms with Crippen molar-refractivity contribution < 1.29 is 18.7 Å². The number of rotatable bonds is 4. The fraction of sp³-hybridized carbons (Fsp3) is 0.312. The van der Waals surface area contributed by atoms with Gasteiger partial charge >= 0.3 is 0 Å². The predicted molar refractivity (Wildman–Crippen MR) is 83.6 cm³/mol. The normalized spacial score (nSPS) is 17.5. The number of nitrogens with two attached hydrogens (primary N) is 1. The fourth-order valence-corrected chi connectivity index (χ4v) is 2.44. The molecular formula is C16H17FN4O3. The van der Waals surface area contributed by atoms with Crippen LogP contribution in [0.15, 0.2) is 36.7 Å². The van der Waals surface area contributed by atoms with Gasteiger partial charge in [0.1, 0.15) is 29.2 Å². The molecule has 1 saturated heterocycles. The SMILES string of the molecule is Nc1nccnc1[C@H]1CN(C(=O)COc2cccc(F)c2)CCO1. The Kier molecular flexibility index (Phi) is 4.85. The lowest BCUT2D eigenvalue weighted by atomic mass is 10.2. The number of carbonyl (C=O) groups is 1. The molecule has 126 valence electrons. The highest BCUT2D eigenvalue weighted by Gasteiger charge is 2.28. The quantitative estimate of drug-likeness (QED) is 0.904. The van der Waals surface area contributed by atoms with Crippen molar-refractivity contribution in [1.29, 1.82) is 0 Å². The summed E-state index contributed by atoms with van der Waals surface area (Å²) in [7, 11) is 0. The van der Waals surface area contributed by atoms with Crippen molar-refractivity contribution in [1.82, 2.24) is 14.9 Å². The summed E-state index contributed by atoms with van der Waals surface area (Å²) in [6, 6.07) is 5.66. The number of ether oxygens (including phenoxy) is 2. The number of anilines is 1. The third-order valence-corrected chi connectivity index (χ3v) is 3.64. The van der Waals surface area contributed by atoms with Gasteiger partial charge in [0.15, 0.2) is 6.61 Å². The van der Waals surface area contributed by atoms with E-state index < -0.39 is 11.9 Å². The molecule has 3 rings (SSSR count). The van der Waals surface area contributed by atoms with Crippen molar-refractivity contribution in [2.24, 2.45) is 0 Å². The maximum atomic E-state index is 13.1. The molecule has 1 fully saturated rings. The summed E-state index contributed by atoms with van der Waals surface area (Å²) in [5.74, 6) is -0.0290. The molecule has 1 amide bonds. The molecular weight excluding hydrogens is 315 g/mol. The summed E-state index contributed by atoms with van der Waals surface area (Å²) in [5.41, 5.74) is 6.32. The minimum atomic E-state index is -0.425. The number of morpholine rings is 1. The molecule has 1 aliphatic heterocycles. The summed E-state index contributed by atoms with van der Waals surface area (Å²) in [4.78, 5) is 22.1. The smallest absolute Gasteiger partial charge is 0.260 e. The molecule has 0 saturated carbocycles. The van der Waals surface area contributed by atoms with E-state index >= 15 is 0 Å². The summed E-state index contributed by atoms with van der Waals surface area (Å²) in [5, 5.41) is 0. The molecule has 0 unspecified atom stereocenters. The second-order valence-corrected chi connectivity index (χ2v) is 5.27. The van der Waals surface area contributed by atoms with Crippen LogP contribution in [0.1, 0.15) is 11.8 Å². The van der Waals surface area contributed by atoms with Crippen LogP contribution in [-0.2, 0) is 9.53 Å². The average Bonchev–Trinajstić information content (AvgIpc) is 2.60. The molecule has 0 aliphatic carbocycles. The molecule has 7 nitrogen and oxygen atoms in total. The molecule has 0 radical (unpaired) electrons.